The maximum absolute atomic E-state index is 12.5. The molecule has 0 amide bonds. The molecule has 6 nitrogen and oxygen atoms in total. The highest BCUT2D eigenvalue weighted by Crippen LogP contribution is 2.22. The van der Waals surface area contributed by atoms with Gasteiger partial charge >= 0.3 is 0 Å². The van der Waals surface area contributed by atoms with Crippen LogP contribution in [0.4, 0.5) is 0 Å². The number of hydrogen-bond donors (Lipinski definition) is 1. The van der Waals surface area contributed by atoms with E-state index in [1.807, 2.05) is 0 Å². The first kappa shape index (κ1) is 16.2. The molecule has 122 valence electrons. The van der Waals surface area contributed by atoms with Crippen molar-refractivity contribution in [2.24, 2.45) is 0 Å². The molecule has 8 heteroatoms. The number of nitrogens with one attached hydrogen (secondary N) is 1. The first-order chi connectivity index (χ1) is 11.5. The van der Waals surface area contributed by atoms with Gasteiger partial charge < -0.3 is 0 Å². The van der Waals surface area contributed by atoms with Gasteiger partial charge in [0.15, 0.2) is 6.29 Å². The SMILES string of the molecule is O=Cc1cc(-c2ccc(Cl)cc2)n(NS(=O)(=O)c2ccccc2)n1. The first-order valence-corrected chi connectivity index (χ1v) is 8.75. The van der Waals surface area contributed by atoms with Crippen LogP contribution in [0.5, 0.6) is 0 Å². The molecule has 2 aromatic carbocycles. The van der Waals surface area contributed by atoms with Gasteiger partial charge in [-0.2, -0.15) is 18.0 Å². The average molecular weight is 362 g/mol. The molecule has 0 aliphatic rings. The van der Waals surface area contributed by atoms with E-state index in [2.05, 4.69) is 9.93 Å². The standard InChI is InChI=1S/C16H12ClN3O3S/c17-13-8-6-12(7-9-13)16-10-14(11-21)18-20(16)19-24(22,23)15-4-2-1-3-5-15/h1-11,19H. The number of sulfonamides is 1. The lowest BCUT2D eigenvalue weighted by atomic mass is 10.1. The van der Waals surface area contributed by atoms with Crippen LogP contribution < -0.4 is 4.83 Å². The zero-order chi connectivity index (χ0) is 17.2. The van der Waals surface area contributed by atoms with Gasteiger partial charge in [0.2, 0.25) is 0 Å². The third-order valence-electron chi connectivity index (χ3n) is 3.25. The minimum absolute atomic E-state index is 0.0928. The monoisotopic (exact) mass is 361 g/mol. The van der Waals surface area contributed by atoms with Crippen LogP contribution in [0.2, 0.25) is 5.02 Å². The summed E-state index contributed by atoms with van der Waals surface area (Å²) in [6.07, 6.45) is 0.548. The highest BCUT2D eigenvalue weighted by atomic mass is 35.5. The number of rotatable bonds is 5. The Hall–Kier alpha value is -2.64. The fourth-order valence-electron chi connectivity index (χ4n) is 2.12. The lowest BCUT2D eigenvalue weighted by molar-refractivity contribution is 0.111. The van der Waals surface area contributed by atoms with E-state index in [9.17, 15) is 13.2 Å². The summed E-state index contributed by atoms with van der Waals surface area (Å²) in [5.74, 6) is 0. The number of aldehydes is 1. The van der Waals surface area contributed by atoms with Crippen molar-refractivity contribution in [3.63, 3.8) is 0 Å². The van der Waals surface area contributed by atoms with Gasteiger partial charge in [0.1, 0.15) is 5.69 Å². The molecule has 3 rings (SSSR count). The second kappa shape index (κ2) is 6.46. The summed E-state index contributed by atoms with van der Waals surface area (Å²) in [4.78, 5) is 14.5. The van der Waals surface area contributed by atoms with Crippen LogP contribution >= 0.6 is 11.6 Å². The molecule has 0 unspecified atom stereocenters. The van der Waals surface area contributed by atoms with Crippen molar-refractivity contribution in [3.8, 4) is 11.3 Å². The van der Waals surface area contributed by atoms with Gasteiger partial charge in [-0.1, -0.05) is 41.9 Å². The minimum Gasteiger partial charge on any atom is -0.296 e. The summed E-state index contributed by atoms with van der Waals surface area (Å²) in [6.45, 7) is 0. The third kappa shape index (κ3) is 3.32. The molecule has 0 bridgehead atoms. The van der Waals surface area contributed by atoms with Gasteiger partial charge in [0.25, 0.3) is 10.0 Å². The molecular weight excluding hydrogens is 350 g/mol. The van der Waals surface area contributed by atoms with Gasteiger partial charge in [0.05, 0.1) is 10.6 Å². The normalized spacial score (nSPS) is 11.2. The molecule has 3 aromatic rings. The summed E-state index contributed by atoms with van der Waals surface area (Å²) < 4.78 is 24.9. The molecule has 1 N–H and O–H groups in total. The van der Waals surface area contributed by atoms with Crippen molar-refractivity contribution >= 4 is 27.9 Å². The number of nitrogens with zero attached hydrogens (tertiary/aromatic N) is 2. The van der Waals surface area contributed by atoms with Crippen LogP contribution in [-0.2, 0) is 10.0 Å². The van der Waals surface area contributed by atoms with Crippen molar-refractivity contribution in [3.05, 3.63) is 71.4 Å². The molecule has 0 spiro atoms. The molecule has 0 aliphatic carbocycles. The van der Waals surface area contributed by atoms with E-state index < -0.39 is 10.0 Å². The van der Waals surface area contributed by atoms with Gasteiger partial charge in [0, 0.05) is 10.6 Å². The van der Waals surface area contributed by atoms with Crippen molar-refractivity contribution in [1.29, 1.82) is 0 Å². The molecule has 0 saturated heterocycles. The molecule has 0 radical (unpaired) electrons. The van der Waals surface area contributed by atoms with Crippen LogP contribution in [0.15, 0.2) is 65.6 Å². The first-order valence-electron chi connectivity index (χ1n) is 6.89. The summed E-state index contributed by atoms with van der Waals surface area (Å²) in [5.41, 5.74) is 1.19. The third-order valence-corrected chi connectivity index (χ3v) is 4.81. The summed E-state index contributed by atoms with van der Waals surface area (Å²) >= 11 is 5.87. The Balaban J connectivity index is 2.03. The van der Waals surface area contributed by atoms with Crippen molar-refractivity contribution in [1.82, 2.24) is 9.89 Å². The second-order valence-electron chi connectivity index (χ2n) is 4.90. The average Bonchev–Trinajstić information content (AvgIpc) is 2.98. The maximum atomic E-state index is 12.5. The summed E-state index contributed by atoms with van der Waals surface area (Å²) in [6, 6.07) is 16.1. The lowest BCUT2D eigenvalue weighted by Gasteiger charge is -2.11. The Morgan fingerprint density at radius 3 is 2.33 bits per heavy atom. The van der Waals surface area contributed by atoms with Crippen LogP contribution in [-0.4, -0.2) is 24.6 Å². The van der Waals surface area contributed by atoms with Crippen LogP contribution in [0.3, 0.4) is 0 Å². The topological polar surface area (TPSA) is 81.1 Å². The van der Waals surface area contributed by atoms with E-state index in [-0.39, 0.29) is 10.6 Å². The van der Waals surface area contributed by atoms with E-state index >= 15 is 0 Å². The smallest absolute Gasteiger partial charge is 0.276 e. The Bertz CT molecular complexity index is 968. The van der Waals surface area contributed by atoms with E-state index in [1.165, 1.54) is 18.2 Å². The van der Waals surface area contributed by atoms with E-state index in [4.69, 9.17) is 11.6 Å². The molecule has 24 heavy (non-hydrogen) atoms. The number of aromatic nitrogens is 2. The molecular formula is C16H12ClN3O3S. The lowest BCUT2D eigenvalue weighted by Crippen LogP contribution is -2.25. The molecule has 0 fully saturated rings. The van der Waals surface area contributed by atoms with Crippen LogP contribution in [0.1, 0.15) is 10.5 Å². The highest BCUT2D eigenvalue weighted by molar-refractivity contribution is 7.92. The number of hydrogen-bond acceptors (Lipinski definition) is 4. The summed E-state index contributed by atoms with van der Waals surface area (Å²) in [5, 5.41) is 4.51. The van der Waals surface area contributed by atoms with Crippen LogP contribution in [0, 0.1) is 0 Å². The van der Waals surface area contributed by atoms with Gasteiger partial charge in [-0.25, -0.2) is 0 Å². The minimum atomic E-state index is -3.84. The Morgan fingerprint density at radius 2 is 1.71 bits per heavy atom. The maximum Gasteiger partial charge on any atom is 0.276 e. The Kier molecular flexibility index (Phi) is 4.37. The van der Waals surface area contributed by atoms with Crippen molar-refractivity contribution in [2.45, 2.75) is 4.90 Å². The van der Waals surface area contributed by atoms with Gasteiger partial charge in [-0.05, 0) is 30.3 Å². The largest absolute Gasteiger partial charge is 0.296 e. The highest BCUT2D eigenvalue weighted by Gasteiger charge is 2.18. The zero-order valence-corrected chi connectivity index (χ0v) is 13.8. The Morgan fingerprint density at radius 1 is 1.04 bits per heavy atom. The van der Waals surface area contributed by atoms with Gasteiger partial charge in [-0.3, -0.25) is 4.79 Å². The molecule has 0 saturated carbocycles. The quantitative estimate of drug-likeness (QED) is 0.708. The second-order valence-corrected chi connectivity index (χ2v) is 7.00. The van der Waals surface area contributed by atoms with E-state index in [0.29, 0.717) is 22.6 Å². The predicted molar refractivity (Wildman–Crippen MR) is 91.0 cm³/mol. The number of benzene rings is 2. The number of carbonyl (C=O) groups excluding carboxylic acids is 1. The van der Waals surface area contributed by atoms with Crippen molar-refractivity contribution in [2.75, 3.05) is 4.83 Å². The fourth-order valence-corrected chi connectivity index (χ4v) is 3.23. The van der Waals surface area contributed by atoms with Crippen LogP contribution in [0.25, 0.3) is 11.3 Å². The number of carbonyl (C=O) groups is 1. The predicted octanol–water partition coefficient (Wildman–Crippen LogP) is 2.95. The van der Waals surface area contributed by atoms with E-state index in [0.717, 1.165) is 4.79 Å². The van der Waals surface area contributed by atoms with Gasteiger partial charge in [-0.15, -0.1) is 5.10 Å². The molecule has 1 heterocycles. The Labute approximate surface area is 143 Å². The molecule has 0 atom stereocenters. The summed E-state index contributed by atoms with van der Waals surface area (Å²) in [7, 11) is -3.84. The zero-order valence-electron chi connectivity index (χ0n) is 12.3. The van der Waals surface area contributed by atoms with E-state index in [1.54, 1.807) is 42.5 Å². The number of halogens is 1. The molecule has 0 aliphatic heterocycles. The fraction of sp³-hybridized carbons (Fsp3) is 0. The molecule has 1 aromatic heterocycles. The van der Waals surface area contributed by atoms with Crippen molar-refractivity contribution < 1.29 is 13.2 Å².